The van der Waals surface area contributed by atoms with Crippen LogP contribution in [0.2, 0.25) is 0 Å². The summed E-state index contributed by atoms with van der Waals surface area (Å²) in [6.45, 7) is 5.43. The Morgan fingerprint density at radius 2 is 1.85 bits per heavy atom. The van der Waals surface area contributed by atoms with Crippen molar-refractivity contribution in [2.24, 2.45) is 12.0 Å². The van der Waals surface area contributed by atoms with Crippen LogP contribution in [0.3, 0.4) is 0 Å². The van der Waals surface area contributed by atoms with Crippen LogP contribution in [0, 0.1) is 6.92 Å². The maximum Gasteiger partial charge on any atom is 0.191 e. The molecule has 1 heterocycles. The van der Waals surface area contributed by atoms with E-state index in [1.165, 1.54) is 31.2 Å². The average Bonchev–Trinajstić information content (AvgIpc) is 2.99. The third kappa shape index (κ3) is 5.92. The van der Waals surface area contributed by atoms with Crippen LogP contribution in [0.15, 0.2) is 35.3 Å². The molecular weight excluding hydrogens is 451 g/mol. The minimum absolute atomic E-state index is 0. The number of benzene rings is 1. The predicted molar refractivity (Wildman–Crippen MR) is 121 cm³/mol. The summed E-state index contributed by atoms with van der Waals surface area (Å²) in [6.07, 6.45) is 4.80. The van der Waals surface area contributed by atoms with Gasteiger partial charge in [-0.05, 0) is 51.0 Å². The molecule has 0 aliphatic heterocycles. The fourth-order valence-corrected chi connectivity index (χ4v) is 3.55. The van der Waals surface area contributed by atoms with Crippen molar-refractivity contribution in [3.8, 4) is 0 Å². The third-order valence-corrected chi connectivity index (χ3v) is 5.24. The van der Waals surface area contributed by atoms with Gasteiger partial charge in [-0.15, -0.1) is 34.2 Å². The quantitative estimate of drug-likeness (QED) is 0.389. The Bertz CT molecular complexity index is 719. The highest BCUT2D eigenvalue weighted by atomic mass is 127. The smallest absolute Gasteiger partial charge is 0.191 e. The summed E-state index contributed by atoms with van der Waals surface area (Å²) in [5.41, 5.74) is 1.48. The summed E-state index contributed by atoms with van der Waals surface area (Å²) < 4.78 is 1.98. The molecule has 6 nitrogen and oxygen atoms in total. The Kier molecular flexibility index (Phi) is 8.53. The number of nitrogens with zero attached hydrogens (tertiary/aromatic N) is 4. The number of rotatable bonds is 5. The first-order valence-electron chi connectivity index (χ1n) is 9.62. The average molecular weight is 482 g/mol. The highest BCUT2D eigenvalue weighted by molar-refractivity contribution is 14.0. The van der Waals surface area contributed by atoms with Crippen LogP contribution in [-0.4, -0.2) is 33.3 Å². The van der Waals surface area contributed by atoms with Gasteiger partial charge in [0.05, 0.1) is 0 Å². The van der Waals surface area contributed by atoms with Crippen LogP contribution in [-0.2, 0) is 13.6 Å². The maximum absolute atomic E-state index is 4.70. The molecule has 0 spiro atoms. The van der Waals surface area contributed by atoms with Crippen LogP contribution in [0.25, 0.3) is 0 Å². The first-order valence-corrected chi connectivity index (χ1v) is 9.62. The van der Waals surface area contributed by atoms with Crippen molar-refractivity contribution in [3.63, 3.8) is 0 Å². The Labute approximate surface area is 179 Å². The number of hydrogen-bond acceptors (Lipinski definition) is 3. The van der Waals surface area contributed by atoms with Crippen molar-refractivity contribution in [1.82, 2.24) is 25.4 Å². The summed E-state index contributed by atoms with van der Waals surface area (Å²) in [5.74, 6) is 3.35. The number of guanidine groups is 1. The highest BCUT2D eigenvalue weighted by Crippen LogP contribution is 2.32. The van der Waals surface area contributed by atoms with Gasteiger partial charge >= 0.3 is 0 Å². The van der Waals surface area contributed by atoms with E-state index in [-0.39, 0.29) is 24.0 Å². The van der Waals surface area contributed by atoms with Crippen molar-refractivity contribution in [1.29, 1.82) is 0 Å². The number of aromatic nitrogens is 3. The fourth-order valence-electron chi connectivity index (χ4n) is 3.55. The first-order chi connectivity index (χ1) is 12.7. The van der Waals surface area contributed by atoms with Gasteiger partial charge in [-0.1, -0.05) is 30.3 Å². The van der Waals surface area contributed by atoms with Gasteiger partial charge in [-0.3, -0.25) is 0 Å². The molecule has 148 valence electrons. The second-order valence-electron chi connectivity index (χ2n) is 7.02. The minimum atomic E-state index is 0. The largest absolute Gasteiger partial charge is 0.357 e. The zero-order chi connectivity index (χ0) is 18.4. The zero-order valence-electron chi connectivity index (χ0n) is 16.5. The van der Waals surface area contributed by atoms with E-state index < -0.39 is 0 Å². The van der Waals surface area contributed by atoms with Gasteiger partial charge in [0, 0.05) is 19.6 Å². The van der Waals surface area contributed by atoms with Gasteiger partial charge in [-0.2, -0.15) is 0 Å². The molecule has 0 atom stereocenters. The monoisotopic (exact) mass is 482 g/mol. The lowest BCUT2D eigenvalue weighted by atomic mass is 9.82. The number of aryl methyl sites for hydroxylation is 1. The molecule has 0 amide bonds. The third-order valence-electron chi connectivity index (χ3n) is 5.24. The van der Waals surface area contributed by atoms with E-state index in [0.29, 0.717) is 18.5 Å². The van der Waals surface area contributed by atoms with Gasteiger partial charge in [0.1, 0.15) is 12.4 Å². The molecule has 1 aromatic heterocycles. The van der Waals surface area contributed by atoms with Crippen LogP contribution >= 0.6 is 24.0 Å². The van der Waals surface area contributed by atoms with Crippen molar-refractivity contribution >= 4 is 29.9 Å². The molecule has 0 bridgehead atoms. The lowest BCUT2D eigenvalue weighted by Crippen LogP contribution is -2.44. The Hall–Kier alpha value is -1.64. The molecule has 1 aromatic carbocycles. The summed E-state index contributed by atoms with van der Waals surface area (Å²) in [4.78, 5) is 4.70. The molecule has 1 fully saturated rings. The van der Waals surface area contributed by atoms with Crippen molar-refractivity contribution in [2.75, 3.05) is 6.54 Å². The second kappa shape index (κ2) is 10.6. The van der Waals surface area contributed by atoms with E-state index >= 15 is 0 Å². The molecule has 7 heteroatoms. The number of halogens is 1. The molecule has 1 saturated carbocycles. The maximum atomic E-state index is 4.70. The van der Waals surface area contributed by atoms with Crippen molar-refractivity contribution in [2.45, 2.75) is 58.0 Å². The standard InChI is InChI=1S/C20H30N6.HI/c1-4-21-20(22-14-19-25-24-15(2)26(19)3)23-18-12-10-17(11-13-18)16-8-6-5-7-9-16;/h5-9,17-18H,4,10-14H2,1-3H3,(H2,21,22,23);1H. The molecular formula is C20H31IN6. The molecule has 0 unspecified atom stereocenters. The summed E-state index contributed by atoms with van der Waals surface area (Å²) in [7, 11) is 1.98. The van der Waals surface area contributed by atoms with Gasteiger partial charge in [0.2, 0.25) is 0 Å². The summed E-state index contributed by atoms with van der Waals surface area (Å²) >= 11 is 0. The molecule has 3 rings (SSSR count). The van der Waals surface area contributed by atoms with Crippen molar-refractivity contribution < 1.29 is 0 Å². The molecule has 0 saturated heterocycles. The van der Waals surface area contributed by atoms with Crippen LogP contribution in [0.5, 0.6) is 0 Å². The van der Waals surface area contributed by atoms with Crippen LogP contribution < -0.4 is 10.6 Å². The predicted octanol–water partition coefficient (Wildman–Crippen LogP) is 3.52. The number of hydrogen-bond donors (Lipinski definition) is 2. The molecule has 1 aliphatic carbocycles. The minimum Gasteiger partial charge on any atom is -0.357 e. The van der Waals surface area contributed by atoms with Gasteiger partial charge in [0.15, 0.2) is 11.8 Å². The number of nitrogens with one attached hydrogen (secondary N) is 2. The summed E-state index contributed by atoms with van der Waals surface area (Å²) in [5, 5.41) is 15.2. The van der Waals surface area contributed by atoms with Crippen LogP contribution in [0.4, 0.5) is 0 Å². The molecule has 0 radical (unpaired) electrons. The molecule has 1 aliphatic rings. The van der Waals surface area contributed by atoms with Gasteiger partial charge in [0.25, 0.3) is 0 Å². The molecule has 2 N–H and O–H groups in total. The van der Waals surface area contributed by atoms with E-state index in [0.717, 1.165) is 24.2 Å². The first kappa shape index (κ1) is 21.7. The Balaban J connectivity index is 0.00000261. The molecule has 27 heavy (non-hydrogen) atoms. The van der Waals surface area contributed by atoms with E-state index in [1.54, 1.807) is 0 Å². The fraction of sp³-hybridized carbons (Fsp3) is 0.550. The van der Waals surface area contributed by atoms with E-state index in [4.69, 9.17) is 4.99 Å². The zero-order valence-corrected chi connectivity index (χ0v) is 18.8. The lowest BCUT2D eigenvalue weighted by molar-refractivity contribution is 0.371. The Morgan fingerprint density at radius 3 is 2.44 bits per heavy atom. The molecule has 2 aromatic rings. The van der Waals surface area contributed by atoms with Gasteiger partial charge < -0.3 is 15.2 Å². The van der Waals surface area contributed by atoms with Gasteiger partial charge in [-0.25, -0.2) is 4.99 Å². The normalized spacial score (nSPS) is 20.0. The van der Waals surface area contributed by atoms with E-state index in [1.807, 2.05) is 18.5 Å². The SMILES string of the molecule is CCNC(=NCc1nnc(C)n1C)NC1CCC(c2ccccc2)CC1.I. The van der Waals surface area contributed by atoms with Crippen LogP contribution in [0.1, 0.15) is 55.7 Å². The summed E-state index contributed by atoms with van der Waals surface area (Å²) in [6, 6.07) is 11.4. The number of aliphatic imine (C=N–C) groups is 1. The van der Waals surface area contributed by atoms with E-state index in [9.17, 15) is 0 Å². The topological polar surface area (TPSA) is 67.1 Å². The van der Waals surface area contributed by atoms with E-state index in [2.05, 4.69) is 58.1 Å². The lowest BCUT2D eigenvalue weighted by Gasteiger charge is -2.30. The Morgan fingerprint density at radius 1 is 1.15 bits per heavy atom. The second-order valence-corrected chi connectivity index (χ2v) is 7.02. The van der Waals surface area contributed by atoms with Crippen molar-refractivity contribution in [3.05, 3.63) is 47.5 Å². The highest BCUT2D eigenvalue weighted by Gasteiger charge is 2.22.